The van der Waals surface area contributed by atoms with Crippen molar-refractivity contribution in [3.8, 4) is 5.75 Å². The third-order valence-corrected chi connectivity index (χ3v) is 5.44. The summed E-state index contributed by atoms with van der Waals surface area (Å²) < 4.78 is 13.1. The molecule has 0 bridgehead atoms. The van der Waals surface area contributed by atoms with E-state index in [0.717, 1.165) is 62.7 Å². The van der Waals surface area contributed by atoms with E-state index in [9.17, 15) is 14.9 Å². The highest BCUT2D eigenvalue weighted by Crippen LogP contribution is 2.23. The van der Waals surface area contributed by atoms with Gasteiger partial charge in [0.25, 0.3) is 11.6 Å². The number of nitro groups is 1. The Morgan fingerprint density at radius 2 is 1.97 bits per heavy atom. The van der Waals surface area contributed by atoms with E-state index in [0.29, 0.717) is 11.4 Å². The van der Waals surface area contributed by atoms with Crippen LogP contribution in [0.4, 0.5) is 11.4 Å². The predicted molar refractivity (Wildman–Crippen MR) is 123 cm³/mol. The van der Waals surface area contributed by atoms with E-state index in [1.807, 2.05) is 18.2 Å². The van der Waals surface area contributed by atoms with Crippen LogP contribution in [0.3, 0.4) is 0 Å². The van der Waals surface area contributed by atoms with Crippen molar-refractivity contribution in [3.63, 3.8) is 0 Å². The summed E-state index contributed by atoms with van der Waals surface area (Å²) in [4.78, 5) is 29.8. The number of aromatic nitrogens is 2. The first-order chi connectivity index (χ1) is 16.0. The highest BCUT2D eigenvalue weighted by Gasteiger charge is 2.17. The van der Waals surface area contributed by atoms with Crippen molar-refractivity contribution in [2.24, 2.45) is 0 Å². The third-order valence-electron chi connectivity index (χ3n) is 5.44. The number of ether oxygens (including phenoxy) is 2. The number of aryl methyl sites for hydroxylation is 1. The van der Waals surface area contributed by atoms with Gasteiger partial charge >= 0.3 is 0 Å². The van der Waals surface area contributed by atoms with Crippen LogP contribution < -0.4 is 10.1 Å². The molecule has 1 aliphatic heterocycles. The van der Waals surface area contributed by atoms with Crippen LogP contribution in [0.2, 0.25) is 0 Å². The monoisotopic (exact) mass is 453 g/mol. The average Bonchev–Trinajstić information content (AvgIpc) is 3.15. The van der Waals surface area contributed by atoms with Gasteiger partial charge in [-0.3, -0.25) is 19.8 Å². The lowest BCUT2D eigenvalue weighted by molar-refractivity contribution is -0.384. The lowest BCUT2D eigenvalue weighted by atomic mass is 10.2. The summed E-state index contributed by atoms with van der Waals surface area (Å²) in [5, 5.41) is 13.5. The second-order valence-electron chi connectivity index (χ2n) is 7.86. The third kappa shape index (κ3) is 5.65. The van der Waals surface area contributed by atoms with Crippen molar-refractivity contribution in [3.05, 3.63) is 58.4 Å². The maximum Gasteiger partial charge on any atom is 0.269 e. The number of hydrogen-bond donors (Lipinski definition) is 1. The van der Waals surface area contributed by atoms with Gasteiger partial charge in [-0.2, -0.15) is 0 Å². The number of benzene rings is 2. The number of anilines is 1. The van der Waals surface area contributed by atoms with Gasteiger partial charge in [-0.05, 0) is 36.8 Å². The molecule has 10 nitrogen and oxygen atoms in total. The lowest BCUT2D eigenvalue weighted by Crippen LogP contribution is -2.36. The predicted octanol–water partition coefficient (Wildman–Crippen LogP) is 3.20. The Morgan fingerprint density at radius 3 is 2.67 bits per heavy atom. The summed E-state index contributed by atoms with van der Waals surface area (Å²) in [5.74, 6) is 1.07. The molecule has 0 radical (unpaired) electrons. The molecule has 1 N–H and O–H groups in total. The standard InChI is InChI=1S/C23H27N5O5/c1-2-9-27-21-8-3-17(14-20(21)25-22(27)15-26-10-12-32-13-11-26)24-23(29)16-33-19-6-4-18(5-7-19)28(30)31/h3-8,14H,2,9-13,15-16H2,1H3,(H,24,29). The first kappa shape index (κ1) is 22.7. The molecule has 2 aromatic carbocycles. The lowest BCUT2D eigenvalue weighted by Gasteiger charge is -2.26. The number of fused-ring (bicyclic) bond motifs is 1. The van der Waals surface area contributed by atoms with E-state index in [-0.39, 0.29) is 18.2 Å². The fourth-order valence-electron chi connectivity index (χ4n) is 3.82. The first-order valence-electron chi connectivity index (χ1n) is 11.0. The van der Waals surface area contributed by atoms with Crippen molar-refractivity contribution < 1.29 is 19.2 Å². The summed E-state index contributed by atoms with van der Waals surface area (Å²) in [6.45, 7) is 6.86. The normalized spacial score (nSPS) is 14.3. The fraction of sp³-hybridized carbons (Fsp3) is 0.391. The van der Waals surface area contributed by atoms with Gasteiger partial charge in [-0.15, -0.1) is 0 Å². The molecule has 1 aromatic heterocycles. The van der Waals surface area contributed by atoms with Crippen molar-refractivity contribution in [2.45, 2.75) is 26.4 Å². The minimum absolute atomic E-state index is 0.0318. The highest BCUT2D eigenvalue weighted by atomic mass is 16.6. The minimum Gasteiger partial charge on any atom is -0.484 e. The van der Waals surface area contributed by atoms with E-state index < -0.39 is 4.92 Å². The molecular formula is C23H27N5O5. The van der Waals surface area contributed by atoms with Gasteiger partial charge in [0.2, 0.25) is 0 Å². The summed E-state index contributed by atoms with van der Waals surface area (Å²) in [6.07, 6.45) is 1.00. The van der Waals surface area contributed by atoms with E-state index >= 15 is 0 Å². The number of non-ortho nitro benzene ring substituents is 1. The summed E-state index contributed by atoms with van der Waals surface area (Å²) >= 11 is 0. The maximum absolute atomic E-state index is 12.3. The van der Waals surface area contributed by atoms with Gasteiger partial charge in [-0.1, -0.05) is 6.92 Å². The molecule has 1 saturated heterocycles. The molecule has 4 rings (SSSR count). The number of rotatable bonds is 9. The molecular weight excluding hydrogens is 426 g/mol. The molecule has 0 aliphatic carbocycles. The van der Waals surface area contributed by atoms with Crippen molar-refractivity contribution in [1.29, 1.82) is 0 Å². The second-order valence-corrected chi connectivity index (χ2v) is 7.86. The topological polar surface area (TPSA) is 112 Å². The molecule has 174 valence electrons. The van der Waals surface area contributed by atoms with Crippen molar-refractivity contribution in [2.75, 3.05) is 38.2 Å². The van der Waals surface area contributed by atoms with Crippen LogP contribution in [0.15, 0.2) is 42.5 Å². The van der Waals surface area contributed by atoms with Gasteiger partial charge < -0.3 is 19.4 Å². The number of nitrogens with zero attached hydrogens (tertiary/aromatic N) is 4. The first-order valence-corrected chi connectivity index (χ1v) is 11.0. The Kier molecular flexibility index (Phi) is 7.16. The molecule has 1 amide bonds. The molecule has 0 saturated carbocycles. The Morgan fingerprint density at radius 1 is 1.21 bits per heavy atom. The zero-order chi connectivity index (χ0) is 23.2. The molecule has 0 spiro atoms. The molecule has 33 heavy (non-hydrogen) atoms. The van der Waals surface area contributed by atoms with Crippen molar-refractivity contribution in [1.82, 2.24) is 14.5 Å². The van der Waals surface area contributed by atoms with Crippen LogP contribution in [-0.4, -0.2) is 58.2 Å². The SMILES string of the molecule is CCCn1c(CN2CCOCC2)nc2cc(NC(=O)COc3ccc([N+](=O)[O-])cc3)ccc21. The quantitative estimate of drug-likeness (QED) is 0.391. The molecule has 0 atom stereocenters. The number of nitro benzene ring substituents is 1. The van der Waals surface area contributed by atoms with Gasteiger partial charge in [0.15, 0.2) is 6.61 Å². The van der Waals surface area contributed by atoms with E-state index in [4.69, 9.17) is 14.5 Å². The van der Waals surface area contributed by atoms with E-state index in [1.165, 1.54) is 24.3 Å². The van der Waals surface area contributed by atoms with Crippen LogP contribution in [0.5, 0.6) is 5.75 Å². The molecule has 0 unspecified atom stereocenters. The maximum atomic E-state index is 12.3. The van der Waals surface area contributed by atoms with Gasteiger partial charge in [0.1, 0.15) is 11.6 Å². The molecule has 1 fully saturated rings. The summed E-state index contributed by atoms with van der Waals surface area (Å²) in [5.41, 5.74) is 2.48. The van der Waals surface area contributed by atoms with E-state index in [1.54, 1.807) is 0 Å². The molecule has 3 aromatic rings. The van der Waals surface area contributed by atoms with Gasteiger partial charge in [0, 0.05) is 37.5 Å². The Bertz CT molecular complexity index is 1120. The van der Waals surface area contributed by atoms with E-state index in [2.05, 4.69) is 21.7 Å². The smallest absolute Gasteiger partial charge is 0.269 e. The number of hydrogen-bond acceptors (Lipinski definition) is 7. The van der Waals surface area contributed by atoms with Crippen LogP contribution in [0.25, 0.3) is 11.0 Å². The Labute approximate surface area is 191 Å². The Hall–Kier alpha value is -3.50. The number of imidazole rings is 1. The van der Waals surface area contributed by atoms with Crippen molar-refractivity contribution >= 4 is 28.3 Å². The molecule has 1 aliphatic rings. The minimum atomic E-state index is -0.485. The van der Waals surface area contributed by atoms with Crippen LogP contribution in [-0.2, 0) is 22.6 Å². The zero-order valence-corrected chi connectivity index (χ0v) is 18.5. The number of carbonyl (C=O) groups excluding carboxylic acids is 1. The average molecular weight is 453 g/mol. The number of carbonyl (C=O) groups is 1. The van der Waals surface area contributed by atoms with Crippen LogP contribution in [0, 0.1) is 10.1 Å². The molecule has 10 heteroatoms. The Balaban J connectivity index is 1.42. The van der Waals surface area contributed by atoms with Gasteiger partial charge in [-0.25, -0.2) is 4.98 Å². The van der Waals surface area contributed by atoms with Gasteiger partial charge in [0.05, 0.1) is 35.7 Å². The summed E-state index contributed by atoms with van der Waals surface area (Å²) in [6, 6.07) is 11.3. The van der Waals surface area contributed by atoms with Crippen LogP contribution >= 0.6 is 0 Å². The molecule has 2 heterocycles. The fourth-order valence-corrected chi connectivity index (χ4v) is 3.82. The number of morpholine rings is 1. The van der Waals surface area contributed by atoms with Crippen LogP contribution in [0.1, 0.15) is 19.2 Å². The second kappa shape index (κ2) is 10.4. The zero-order valence-electron chi connectivity index (χ0n) is 18.5. The number of nitrogens with one attached hydrogen (secondary N) is 1. The summed E-state index contributed by atoms with van der Waals surface area (Å²) in [7, 11) is 0. The largest absolute Gasteiger partial charge is 0.484 e. The highest BCUT2D eigenvalue weighted by molar-refractivity contribution is 5.94. The number of amides is 1.